The molecule has 0 atom stereocenters. The monoisotopic (exact) mass is 271 g/mol. The van der Waals surface area contributed by atoms with Crippen molar-refractivity contribution >= 4 is 28.8 Å². The lowest BCUT2D eigenvalue weighted by atomic mass is 10.1. The number of hydrogen-bond acceptors (Lipinski definition) is 1. The largest absolute Gasteiger partial charge is 0.316 e. The number of halogens is 2. The number of allylic oxidation sites excluding steroid dienone is 1. The minimum atomic E-state index is 0.604. The summed E-state index contributed by atoms with van der Waals surface area (Å²) in [6, 6.07) is 5.75. The van der Waals surface area contributed by atoms with Gasteiger partial charge in [0, 0.05) is 0 Å². The van der Waals surface area contributed by atoms with Crippen molar-refractivity contribution in [2.24, 2.45) is 0 Å². The number of benzene rings is 1. The van der Waals surface area contributed by atoms with E-state index in [1.165, 1.54) is 12.0 Å². The molecule has 0 unspecified atom stereocenters. The van der Waals surface area contributed by atoms with Crippen molar-refractivity contribution in [2.75, 3.05) is 13.1 Å². The van der Waals surface area contributed by atoms with Crippen LogP contribution < -0.4 is 5.32 Å². The third-order valence-corrected chi connectivity index (χ3v) is 3.31. The Kier molecular flexibility index (Phi) is 6.64. The molecule has 0 fully saturated rings. The van der Waals surface area contributed by atoms with Crippen LogP contribution in [0.15, 0.2) is 24.3 Å². The molecule has 0 radical (unpaired) electrons. The molecule has 0 spiro atoms. The van der Waals surface area contributed by atoms with E-state index in [2.05, 4.69) is 25.2 Å². The topological polar surface area (TPSA) is 12.0 Å². The Balaban J connectivity index is 2.53. The molecule has 0 heterocycles. The van der Waals surface area contributed by atoms with E-state index in [0.717, 1.165) is 25.1 Å². The molecule has 94 valence electrons. The summed E-state index contributed by atoms with van der Waals surface area (Å²) in [6.45, 7) is 6.37. The van der Waals surface area contributed by atoms with E-state index < -0.39 is 0 Å². The molecule has 1 N–H and O–H groups in total. The summed E-state index contributed by atoms with van der Waals surface area (Å²) >= 11 is 11.9. The van der Waals surface area contributed by atoms with Crippen LogP contribution in [0.5, 0.6) is 0 Å². The molecular weight excluding hydrogens is 253 g/mol. The lowest BCUT2D eigenvalue weighted by molar-refractivity contribution is 0.678. The average molecular weight is 272 g/mol. The quantitative estimate of drug-likeness (QED) is 0.734. The second-order valence-electron chi connectivity index (χ2n) is 4.05. The summed E-state index contributed by atoms with van der Waals surface area (Å²) in [5.74, 6) is 0. The molecule has 0 bridgehead atoms. The van der Waals surface area contributed by atoms with Gasteiger partial charge in [-0.3, -0.25) is 0 Å². The molecule has 0 saturated heterocycles. The van der Waals surface area contributed by atoms with E-state index >= 15 is 0 Å². The van der Waals surface area contributed by atoms with Gasteiger partial charge in [0.1, 0.15) is 0 Å². The summed E-state index contributed by atoms with van der Waals surface area (Å²) in [5, 5.41) is 4.59. The zero-order valence-corrected chi connectivity index (χ0v) is 11.9. The third kappa shape index (κ3) is 5.12. The number of nitrogens with one attached hydrogen (secondary N) is 1. The molecule has 0 aliphatic rings. The molecule has 1 aromatic rings. The SMILES string of the molecule is CCCNCCC=C(C)c1ccc(Cl)c(Cl)c1. The first kappa shape index (κ1) is 14.6. The summed E-state index contributed by atoms with van der Waals surface area (Å²) in [4.78, 5) is 0. The molecule has 0 aromatic heterocycles. The van der Waals surface area contributed by atoms with E-state index in [9.17, 15) is 0 Å². The Morgan fingerprint density at radius 3 is 2.65 bits per heavy atom. The van der Waals surface area contributed by atoms with Gasteiger partial charge in [0.15, 0.2) is 0 Å². The first-order valence-corrected chi connectivity index (χ1v) is 6.73. The average Bonchev–Trinajstić information content (AvgIpc) is 2.32. The summed E-state index contributed by atoms with van der Waals surface area (Å²) in [5.41, 5.74) is 2.37. The first-order chi connectivity index (χ1) is 8.15. The Morgan fingerprint density at radius 2 is 2.00 bits per heavy atom. The van der Waals surface area contributed by atoms with Crippen molar-refractivity contribution < 1.29 is 0 Å². The number of rotatable bonds is 6. The van der Waals surface area contributed by atoms with Crippen molar-refractivity contribution in [1.29, 1.82) is 0 Å². The van der Waals surface area contributed by atoms with Crippen molar-refractivity contribution in [2.45, 2.75) is 26.7 Å². The molecular formula is C14H19Cl2N. The zero-order chi connectivity index (χ0) is 12.7. The van der Waals surface area contributed by atoms with Gasteiger partial charge in [0.25, 0.3) is 0 Å². The summed E-state index contributed by atoms with van der Waals surface area (Å²) in [6.07, 6.45) is 4.43. The Hall–Kier alpha value is -0.500. The Morgan fingerprint density at radius 1 is 1.24 bits per heavy atom. The van der Waals surface area contributed by atoms with Crippen LogP contribution in [0.4, 0.5) is 0 Å². The zero-order valence-electron chi connectivity index (χ0n) is 10.4. The molecule has 0 amide bonds. The van der Waals surface area contributed by atoms with Gasteiger partial charge < -0.3 is 5.32 Å². The Labute approximate surface area is 114 Å². The highest BCUT2D eigenvalue weighted by Crippen LogP contribution is 2.25. The van der Waals surface area contributed by atoms with E-state index in [-0.39, 0.29) is 0 Å². The van der Waals surface area contributed by atoms with Gasteiger partial charge in [0.05, 0.1) is 10.0 Å². The van der Waals surface area contributed by atoms with Crippen molar-refractivity contribution in [3.8, 4) is 0 Å². The van der Waals surface area contributed by atoms with E-state index in [1.54, 1.807) is 0 Å². The van der Waals surface area contributed by atoms with Crippen LogP contribution >= 0.6 is 23.2 Å². The van der Waals surface area contributed by atoms with E-state index in [0.29, 0.717) is 10.0 Å². The van der Waals surface area contributed by atoms with Crippen LogP contribution in [-0.4, -0.2) is 13.1 Å². The molecule has 0 saturated carbocycles. The van der Waals surface area contributed by atoms with Gasteiger partial charge in [-0.15, -0.1) is 0 Å². The highest BCUT2D eigenvalue weighted by atomic mass is 35.5. The fraction of sp³-hybridized carbons (Fsp3) is 0.429. The minimum absolute atomic E-state index is 0.604. The summed E-state index contributed by atoms with van der Waals surface area (Å²) in [7, 11) is 0. The molecule has 17 heavy (non-hydrogen) atoms. The fourth-order valence-electron chi connectivity index (χ4n) is 1.55. The normalized spacial score (nSPS) is 11.9. The molecule has 1 aromatic carbocycles. The highest BCUT2D eigenvalue weighted by Gasteiger charge is 2.00. The fourth-order valence-corrected chi connectivity index (χ4v) is 1.85. The van der Waals surface area contributed by atoms with E-state index in [4.69, 9.17) is 23.2 Å². The van der Waals surface area contributed by atoms with Crippen LogP contribution in [-0.2, 0) is 0 Å². The van der Waals surface area contributed by atoms with Crippen molar-refractivity contribution in [3.05, 3.63) is 39.9 Å². The maximum absolute atomic E-state index is 5.99. The van der Waals surface area contributed by atoms with E-state index in [1.807, 2.05) is 18.2 Å². The van der Waals surface area contributed by atoms with Crippen LogP contribution in [0.2, 0.25) is 10.0 Å². The van der Waals surface area contributed by atoms with Gasteiger partial charge in [-0.1, -0.05) is 42.3 Å². The number of hydrogen-bond donors (Lipinski definition) is 1. The van der Waals surface area contributed by atoms with Gasteiger partial charge in [0.2, 0.25) is 0 Å². The highest BCUT2D eigenvalue weighted by molar-refractivity contribution is 6.42. The first-order valence-electron chi connectivity index (χ1n) is 5.98. The standard InChI is InChI=1S/C14H19Cl2N/c1-3-8-17-9-4-5-11(2)12-6-7-13(15)14(16)10-12/h5-7,10,17H,3-4,8-9H2,1-2H3. The predicted octanol–water partition coefficient (Wildman–Crippen LogP) is 4.79. The van der Waals surface area contributed by atoms with Gasteiger partial charge in [-0.25, -0.2) is 0 Å². The molecule has 1 rings (SSSR count). The summed E-state index contributed by atoms with van der Waals surface area (Å²) < 4.78 is 0. The maximum atomic E-state index is 5.99. The Bertz CT molecular complexity index is 386. The third-order valence-electron chi connectivity index (χ3n) is 2.57. The lowest BCUT2D eigenvalue weighted by Gasteiger charge is -2.04. The van der Waals surface area contributed by atoms with Gasteiger partial charge >= 0.3 is 0 Å². The second kappa shape index (κ2) is 7.75. The van der Waals surface area contributed by atoms with Gasteiger partial charge in [-0.05, 0) is 56.1 Å². The molecule has 0 aliphatic heterocycles. The molecule has 0 aliphatic carbocycles. The predicted molar refractivity (Wildman–Crippen MR) is 77.9 cm³/mol. The second-order valence-corrected chi connectivity index (χ2v) is 4.87. The molecule has 1 nitrogen and oxygen atoms in total. The maximum Gasteiger partial charge on any atom is 0.0598 e. The van der Waals surface area contributed by atoms with Crippen LogP contribution in [0.1, 0.15) is 32.3 Å². The smallest absolute Gasteiger partial charge is 0.0598 e. The van der Waals surface area contributed by atoms with Crippen LogP contribution in [0.3, 0.4) is 0 Å². The van der Waals surface area contributed by atoms with Gasteiger partial charge in [-0.2, -0.15) is 0 Å². The van der Waals surface area contributed by atoms with Crippen LogP contribution in [0, 0.1) is 0 Å². The van der Waals surface area contributed by atoms with Crippen molar-refractivity contribution in [3.63, 3.8) is 0 Å². The molecule has 3 heteroatoms. The lowest BCUT2D eigenvalue weighted by Crippen LogP contribution is -2.15. The van der Waals surface area contributed by atoms with Crippen molar-refractivity contribution in [1.82, 2.24) is 5.32 Å². The minimum Gasteiger partial charge on any atom is -0.316 e. The van der Waals surface area contributed by atoms with Crippen LogP contribution in [0.25, 0.3) is 5.57 Å².